The minimum absolute atomic E-state index is 0.165. The molecule has 0 aliphatic carbocycles. The molecule has 1 N–H and O–H groups in total. The molecule has 4 heteroatoms. The molecule has 1 aromatic rings. The summed E-state index contributed by atoms with van der Waals surface area (Å²) in [7, 11) is 0. The first kappa shape index (κ1) is 13.1. The third-order valence-corrected chi connectivity index (χ3v) is 2.24. The molecule has 0 aromatic carbocycles. The zero-order valence-corrected chi connectivity index (χ0v) is 10.4. The normalized spacial score (nSPS) is 12.7. The second-order valence-electron chi connectivity index (χ2n) is 3.71. The van der Waals surface area contributed by atoms with Crippen molar-refractivity contribution in [1.82, 2.24) is 15.3 Å². The molecule has 0 aliphatic heterocycles. The Labute approximate surface area is 97.5 Å². The van der Waals surface area contributed by atoms with Crippen molar-refractivity contribution in [3.63, 3.8) is 0 Å². The maximum atomic E-state index is 5.57. The molecule has 0 spiro atoms. The summed E-state index contributed by atoms with van der Waals surface area (Å²) in [5.41, 5.74) is 1.01. The van der Waals surface area contributed by atoms with Crippen molar-refractivity contribution >= 4 is 0 Å². The third kappa shape index (κ3) is 4.24. The molecule has 0 aliphatic rings. The van der Waals surface area contributed by atoms with Crippen LogP contribution in [-0.2, 0) is 4.74 Å². The monoisotopic (exact) mass is 223 g/mol. The lowest BCUT2D eigenvalue weighted by atomic mass is 10.2. The van der Waals surface area contributed by atoms with Gasteiger partial charge in [0.15, 0.2) is 0 Å². The summed E-state index contributed by atoms with van der Waals surface area (Å²) in [6, 6.07) is 2.11. The van der Waals surface area contributed by atoms with Gasteiger partial charge < -0.3 is 10.1 Å². The summed E-state index contributed by atoms with van der Waals surface area (Å²) in [5.74, 6) is 0.802. The van der Waals surface area contributed by atoms with E-state index in [0.717, 1.165) is 31.1 Å². The number of rotatable bonds is 7. The fourth-order valence-electron chi connectivity index (χ4n) is 1.51. The lowest BCUT2D eigenvalue weighted by Gasteiger charge is -2.17. The number of nitrogens with one attached hydrogen (secondary N) is 1. The minimum Gasteiger partial charge on any atom is -0.379 e. The standard InChI is InChI=1S/C12H21N3O/c1-4-8-16-9-12(13-5-2)11-6-7-14-10(3)15-11/h6-7,12-13H,4-5,8-9H2,1-3H3. The number of hydrogen-bond donors (Lipinski definition) is 1. The van der Waals surface area contributed by atoms with Crippen LogP contribution >= 0.6 is 0 Å². The Morgan fingerprint density at radius 2 is 2.25 bits per heavy atom. The molecule has 4 nitrogen and oxygen atoms in total. The SMILES string of the molecule is CCCOCC(NCC)c1ccnc(C)n1. The highest BCUT2D eigenvalue weighted by Crippen LogP contribution is 2.10. The van der Waals surface area contributed by atoms with Crippen molar-refractivity contribution in [2.45, 2.75) is 33.2 Å². The van der Waals surface area contributed by atoms with Gasteiger partial charge in [0.25, 0.3) is 0 Å². The summed E-state index contributed by atoms with van der Waals surface area (Å²) in [6.45, 7) is 8.46. The zero-order chi connectivity index (χ0) is 11.8. The van der Waals surface area contributed by atoms with Crippen LogP contribution in [0.15, 0.2) is 12.3 Å². The molecule has 1 rings (SSSR count). The van der Waals surface area contributed by atoms with Crippen LogP contribution in [0.5, 0.6) is 0 Å². The number of nitrogens with zero attached hydrogens (tertiary/aromatic N) is 2. The van der Waals surface area contributed by atoms with Crippen molar-refractivity contribution in [2.75, 3.05) is 19.8 Å². The van der Waals surface area contributed by atoms with Crippen LogP contribution in [0.2, 0.25) is 0 Å². The van der Waals surface area contributed by atoms with E-state index in [9.17, 15) is 0 Å². The predicted octanol–water partition coefficient (Wildman–Crippen LogP) is 1.86. The number of likely N-dealkylation sites (N-methyl/N-ethyl adjacent to an activating group) is 1. The molecule has 0 saturated carbocycles. The summed E-state index contributed by atoms with van der Waals surface area (Å²) >= 11 is 0. The van der Waals surface area contributed by atoms with Gasteiger partial charge in [-0.3, -0.25) is 0 Å². The Morgan fingerprint density at radius 3 is 2.88 bits per heavy atom. The predicted molar refractivity (Wildman–Crippen MR) is 64.3 cm³/mol. The van der Waals surface area contributed by atoms with E-state index in [1.54, 1.807) is 6.20 Å². The quantitative estimate of drug-likeness (QED) is 0.717. The van der Waals surface area contributed by atoms with Crippen molar-refractivity contribution in [1.29, 1.82) is 0 Å². The molecule has 0 fully saturated rings. The summed E-state index contributed by atoms with van der Waals surface area (Å²) in [6.07, 6.45) is 2.84. The molecular formula is C12H21N3O. The molecule has 0 radical (unpaired) electrons. The highest BCUT2D eigenvalue weighted by atomic mass is 16.5. The van der Waals surface area contributed by atoms with Gasteiger partial charge in [-0.05, 0) is 26.0 Å². The highest BCUT2D eigenvalue weighted by molar-refractivity contribution is 5.07. The fraction of sp³-hybridized carbons (Fsp3) is 0.667. The molecule has 1 unspecified atom stereocenters. The van der Waals surface area contributed by atoms with Crippen molar-refractivity contribution in [3.8, 4) is 0 Å². The molecule has 0 saturated heterocycles. The van der Waals surface area contributed by atoms with Crippen LogP contribution in [0.1, 0.15) is 37.8 Å². The van der Waals surface area contributed by atoms with E-state index in [-0.39, 0.29) is 6.04 Å². The molecule has 16 heavy (non-hydrogen) atoms. The van der Waals surface area contributed by atoms with Gasteiger partial charge in [-0.25, -0.2) is 9.97 Å². The Bertz CT molecular complexity index is 304. The van der Waals surface area contributed by atoms with Crippen LogP contribution in [-0.4, -0.2) is 29.7 Å². The van der Waals surface area contributed by atoms with Gasteiger partial charge in [-0.1, -0.05) is 13.8 Å². The van der Waals surface area contributed by atoms with E-state index in [4.69, 9.17) is 4.74 Å². The maximum absolute atomic E-state index is 5.57. The Morgan fingerprint density at radius 1 is 1.44 bits per heavy atom. The summed E-state index contributed by atoms with van der Waals surface area (Å²) in [5, 5.41) is 3.37. The fourth-order valence-corrected chi connectivity index (χ4v) is 1.51. The van der Waals surface area contributed by atoms with Gasteiger partial charge in [-0.15, -0.1) is 0 Å². The van der Waals surface area contributed by atoms with Crippen molar-refractivity contribution < 1.29 is 4.74 Å². The Kier molecular flexibility index (Phi) is 5.96. The highest BCUT2D eigenvalue weighted by Gasteiger charge is 2.11. The molecular weight excluding hydrogens is 202 g/mol. The van der Waals surface area contributed by atoms with E-state index in [2.05, 4.69) is 29.1 Å². The van der Waals surface area contributed by atoms with Crippen LogP contribution in [0.4, 0.5) is 0 Å². The van der Waals surface area contributed by atoms with E-state index in [1.807, 2.05) is 13.0 Å². The van der Waals surface area contributed by atoms with Gasteiger partial charge in [0.1, 0.15) is 5.82 Å². The second-order valence-corrected chi connectivity index (χ2v) is 3.71. The topological polar surface area (TPSA) is 47.0 Å². The molecule has 0 bridgehead atoms. The zero-order valence-electron chi connectivity index (χ0n) is 10.4. The summed E-state index contributed by atoms with van der Waals surface area (Å²) in [4.78, 5) is 8.52. The van der Waals surface area contributed by atoms with E-state index in [1.165, 1.54) is 0 Å². The Hall–Kier alpha value is -1.00. The molecule has 0 amide bonds. The maximum Gasteiger partial charge on any atom is 0.125 e. The molecule has 1 atom stereocenters. The van der Waals surface area contributed by atoms with Crippen LogP contribution < -0.4 is 5.32 Å². The first-order valence-corrected chi connectivity index (χ1v) is 5.88. The lowest BCUT2D eigenvalue weighted by Crippen LogP contribution is -2.26. The van der Waals surface area contributed by atoms with Gasteiger partial charge in [-0.2, -0.15) is 0 Å². The van der Waals surface area contributed by atoms with Crippen LogP contribution in [0, 0.1) is 6.92 Å². The van der Waals surface area contributed by atoms with E-state index >= 15 is 0 Å². The van der Waals surface area contributed by atoms with E-state index < -0.39 is 0 Å². The average Bonchev–Trinajstić information content (AvgIpc) is 2.28. The molecule has 90 valence electrons. The van der Waals surface area contributed by atoms with Crippen molar-refractivity contribution in [3.05, 3.63) is 23.8 Å². The van der Waals surface area contributed by atoms with Crippen LogP contribution in [0.3, 0.4) is 0 Å². The smallest absolute Gasteiger partial charge is 0.125 e. The van der Waals surface area contributed by atoms with E-state index in [0.29, 0.717) is 6.61 Å². The Balaban J connectivity index is 2.61. The first-order chi connectivity index (χ1) is 7.77. The van der Waals surface area contributed by atoms with Gasteiger partial charge in [0, 0.05) is 12.8 Å². The lowest BCUT2D eigenvalue weighted by molar-refractivity contribution is 0.111. The van der Waals surface area contributed by atoms with Gasteiger partial charge >= 0.3 is 0 Å². The first-order valence-electron chi connectivity index (χ1n) is 5.88. The largest absolute Gasteiger partial charge is 0.379 e. The second kappa shape index (κ2) is 7.30. The minimum atomic E-state index is 0.165. The number of aryl methyl sites for hydroxylation is 1. The number of ether oxygens (including phenoxy) is 1. The van der Waals surface area contributed by atoms with Crippen molar-refractivity contribution in [2.24, 2.45) is 0 Å². The van der Waals surface area contributed by atoms with Gasteiger partial charge in [0.05, 0.1) is 18.3 Å². The average molecular weight is 223 g/mol. The molecule has 1 heterocycles. The van der Waals surface area contributed by atoms with Gasteiger partial charge in [0.2, 0.25) is 0 Å². The van der Waals surface area contributed by atoms with Crippen LogP contribution in [0.25, 0.3) is 0 Å². The third-order valence-electron chi connectivity index (χ3n) is 2.24. The molecule has 1 aromatic heterocycles. The number of hydrogen-bond acceptors (Lipinski definition) is 4. The summed E-state index contributed by atoms with van der Waals surface area (Å²) < 4.78 is 5.57. The number of aromatic nitrogens is 2.